The molecule has 1 aliphatic rings. The van der Waals surface area contributed by atoms with Crippen molar-refractivity contribution in [1.82, 2.24) is 0 Å². The number of fused-ring (bicyclic) bond motifs is 2. The summed E-state index contributed by atoms with van der Waals surface area (Å²) in [6.45, 7) is 0. The lowest BCUT2D eigenvalue weighted by molar-refractivity contribution is 0.154. The van der Waals surface area contributed by atoms with Crippen LogP contribution in [0.2, 0.25) is 0 Å². The highest BCUT2D eigenvalue weighted by molar-refractivity contribution is 5.99. The zero-order valence-corrected chi connectivity index (χ0v) is 10.9. The molecule has 2 nitrogen and oxygen atoms in total. The summed E-state index contributed by atoms with van der Waals surface area (Å²) >= 11 is 0. The van der Waals surface area contributed by atoms with Gasteiger partial charge in [-0.2, -0.15) is 0 Å². The van der Waals surface area contributed by atoms with Crippen molar-refractivity contribution in [2.24, 2.45) is 4.99 Å². The Morgan fingerprint density at radius 3 is 2.45 bits per heavy atom. The minimum atomic E-state index is -0.245. The SMILES string of the molecule is C1=COC(c2cccc3cc4ccccc4cc23)N=C1. The normalized spacial score (nSPS) is 17.5. The van der Waals surface area contributed by atoms with Crippen LogP contribution in [0.1, 0.15) is 11.8 Å². The van der Waals surface area contributed by atoms with Crippen LogP contribution in [-0.4, -0.2) is 6.21 Å². The Labute approximate surface area is 117 Å². The van der Waals surface area contributed by atoms with E-state index in [0.29, 0.717) is 0 Å². The fourth-order valence-corrected chi connectivity index (χ4v) is 2.68. The first-order valence-electron chi connectivity index (χ1n) is 6.67. The van der Waals surface area contributed by atoms with Crippen LogP contribution in [-0.2, 0) is 4.74 Å². The van der Waals surface area contributed by atoms with Crippen LogP contribution in [0.3, 0.4) is 0 Å². The Bertz CT molecular complexity index is 848. The van der Waals surface area contributed by atoms with E-state index >= 15 is 0 Å². The Kier molecular flexibility index (Phi) is 2.52. The summed E-state index contributed by atoms with van der Waals surface area (Å²) in [7, 11) is 0. The first-order valence-corrected chi connectivity index (χ1v) is 6.67. The van der Waals surface area contributed by atoms with Crippen molar-refractivity contribution >= 4 is 27.8 Å². The average molecular weight is 259 g/mol. The molecule has 0 saturated carbocycles. The Hall–Kier alpha value is -2.61. The third-order valence-electron chi connectivity index (χ3n) is 3.64. The minimum Gasteiger partial charge on any atom is -0.472 e. The number of hydrogen-bond donors (Lipinski definition) is 0. The molecular formula is C18H13NO. The van der Waals surface area contributed by atoms with Crippen molar-refractivity contribution in [3.8, 4) is 0 Å². The van der Waals surface area contributed by atoms with Crippen molar-refractivity contribution in [3.63, 3.8) is 0 Å². The van der Waals surface area contributed by atoms with Crippen LogP contribution in [0, 0.1) is 0 Å². The standard InChI is InChI=1S/C18H13NO/c1-2-6-14-12-17-15(11-13(14)5-1)7-3-8-16(17)18-19-9-4-10-20-18/h1-12,18H. The molecule has 3 aromatic rings. The maximum atomic E-state index is 5.61. The van der Waals surface area contributed by atoms with Gasteiger partial charge >= 0.3 is 0 Å². The molecular weight excluding hydrogens is 246 g/mol. The van der Waals surface area contributed by atoms with Crippen LogP contribution in [0.5, 0.6) is 0 Å². The van der Waals surface area contributed by atoms with Gasteiger partial charge in [0.1, 0.15) is 0 Å². The largest absolute Gasteiger partial charge is 0.472 e. The zero-order valence-electron chi connectivity index (χ0n) is 10.9. The molecule has 96 valence electrons. The minimum absolute atomic E-state index is 0.245. The molecule has 0 fully saturated rings. The summed E-state index contributed by atoms with van der Waals surface area (Å²) in [5.41, 5.74) is 1.11. The molecule has 1 atom stereocenters. The summed E-state index contributed by atoms with van der Waals surface area (Å²) in [6, 6.07) is 19.1. The number of hydrogen-bond acceptors (Lipinski definition) is 2. The van der Waals surface area contributed by atoms with Crippen LogP contribution >= 0.6 is 0 Å². The van der Waals surface area contributed by atoms with Crippen molar-refractivity contribution in [1.29, 1.82) is 0 Å². The lowest BCUT2D eigenvalue weighted by Crippen LogP contribution is -2.01. The van der Waals surface area contributed by atoms with Crippen LogP contribution in [0.25, 0.3) is 21.5 Å². The van der Waals surface area contributed by atoms with Gasteiger partial charge in [0.25, 0.3) is 0 Å². The van der Waals surface area contributed by atoms with E-state index in [2.05, 4.69) is 59.6 Å². The van der Waals surface area contributed by atoms with Gasteiger partial charge in [0.05, 0.1) is 6.26 Å². The van der Waals surface area contributed by atoms with E-state index in [1.807, 2.05) is 0 Å². The third-order valence-corrected chi connectivity index (χ3v) is 3.64. The Morgan fingerprint density at radius 1 is 0.850 bits per heavy atom. The summed E-state index contributed by atoms with van der Waals surface area (Å²) in [5, 5.41) is 4.91. The van der Waals surface area contributed by atoms with E-state index in [-0.39, 0.29) is 6.23 Å². The summed E-state index contributed by atoms with van der Waals surface area (Å²) in [4.78, 5) is 4.40. The quantitative estimate of drug-likeness (QED) is 0.585. The number of benzene rings is 3. The Balaban J connectivity index is 1.99. The first-order chi connectivity index (χ1) is 9.92. The highest BCUT2D eigenvalue weighted by Gasteiger charge is 2.14. The van der Waals surface area contributed by atoms with Gasteiger partial charge in [-0.1, -0.05) is 42.5 Å². The van der Waals surface area contributed by atoms with E-state index in [0.717, 1.165) is 5.56 Å². The lowest BCUT2D eigenvalue weighted by atomic mass is 9.99. The van der Waals surface area contributed by atoms with E-state index in [1.165, 1.54) is 21.5 Å². The molecule has 0 saturated heterocycles. The van der Waals surface area contributed by atoms with Crippen molar-refractivity contribution in [2.45, 2.75) is 6.23 Å². The molecule has 0 N–H and O–H groups in total. The van der Waals surface area contributed by atoms with E-state index < -0.39 is 0 Å². The molecule has 3 aromatic carbocycles. The molecule has 0 aromatic heterocycles. The predicted octanol–water partition coefficient (Wildman–Crippen LogP) is 4.61. The maximum Gasteiger partial charge on any atom is 0.215 e. The van der Waals surface area contributed by atoms with Crippen LogP contribution < -0.4 is 0 Å². The zero-order chi connectivity index (χ0) is 13.4. The van der Waals surface area contributed by atoms with Gasteiger partial charge < -0.3 is 4.74 Å². The first kappa shape index (κ1) is 11.2. The lowest BCUT2D eigenvalue weighted by Gasteiger charge is -2.17. The predicted molar refractivity (Wildman–Crippen MR) is 82.9 cm³/mol. The molecule has 0 bridgehead atoms. The second-order valence-electron chi connectivity index (χ2n) is 4.88. The highest BCUT2D eigenvalue weighted by atomic mass is 16.5. The van der Waals surface area contributed by atoms with Gasteiger partial charge in [-0.15, -0.1) is 0 Å². The molecule has 0 aliphatic carbocycles. The summed E-state index contributed by atoms with van der Waals surface area (Å²) in [6.07, 6.45) is 5.03. The fraction of sp³-hybridized carbons (Fsp3) is 0.0556. The van der Waals surface area contributed by atoms with Crippen molar-refractivity contribution in [3.05, 3.63) is 72.5 Å². The Morgan fingerprint density at radius 2 is 1.65 bits per heavy atom. The van der Waals surface area contributed by atoms with Crippen molar-refractivity contribution in [2.75, 3.05) is 0 Å². The van der Waals surface area contributed by atoms with Gasteiger partial charge in [-0.25, -0.2) is 4.99 Å². The third kappa shape index (κ3) is 1.77. The van der Waals surface area contributed by atoms with E-state index in [9.17, 15) is 0 Å². The topological polar surface area (TPSA) is 21.6 Å². The van der Waals surface area contributed by atoms with Gasteiger partial charge in [-0.05, 0) is 39.8 Å². The number of nitrogens with zero attached hydrogens (tertiary/aromatic N) is 1. The molecule has 0 radical (unpaired) electrons. The van der Waals surface area contributed by atoms with Gasteiger partial charge in [0.2, 0.25) is 6.23 Å². The molecule has 1 aliphatic heterocycles. The smallest absolute Gasteiger partial charge is 0.215 e. The molecule has 1 unspecified atom stereocenters. The average Bonchev–Trinajstić information content (AvgIpc) is 2.53. The monoisotopic (exact) mass is 259 g/mol. The van der Waals surface area contributed by atoms with Crippen molar-refractivity contribution < 1.29 is 4.74 Å². The molecule has 2 heteroatoms. The number of rotatable bonds is 1. The summed E-state index contributed by atoms with van der Waals surface area (Å²) in [5.74, 6) is 0. The molecule has 20 heavy (non-hydrogen) atoms. The second kappa shape index (κ2) is 4.49. The second-order valence-corrected chi connectivity index (χ2v) is 4.88. The molecule has 1 heterocycles. The van der Waals surface area contributed by atoms with E-state index in [1.54, 1.807) is 18.6 Å². The molecule has 0 amide bonds. The van der Waals surface area contributed by atoms with Crippen LogP contribution in [0.4, 0.5) is 0 Å². The molecule has 4 rings (SSSR count). The number of allylic oxidation sites excluding steroid dienone is 1. The maximum absolute atomic E-state index is 5.61. The molecule has 0 spiro atoms. The van der Waals surface area contributed by atoms with Crippen LogP contribution in [0.15, 0.2) is 71.9 Å². The summed E-state index contributed by atoms with van der Waals surface area (Å²) < 4.78 is 5.61. The van der Waals surface area contributed by atoms with E-state index in [4.69, 9.17) is 4.74 Å². The number of ether oxygens (including phenoxy) is 1. The number of aliphatic imine (C=N–C) groups is 1. The highest BCUT2D eigenvalue weighted by Crippen LogP contribution is 2.31. The van der Waals surface area contributed by atoms with Gasteiger partial charge in [0.15, 0.2) is 0 Å². The van der Waals surface area contributed by atoms with Gasteiger partial charge in [-0.3, -0.25) is 0 Å². The fourth-order valence-electron chi connectivity index (χ4n) is 2.68. The van der Waals surface area contributed by atoms with Gasteiger partial charge in [0, 0.05) is 11.8 Å².